The lowest BCUT2D eigenvalue weighted by Gasteiger charge is -2.07. The van der Waals surface area contributed by atoms with Gasteiger partial charge in [0.05, 0.1) is 2.74 Å². The Morgan fingerprint density at radius 3 is 2.50 bits per heavy atom. The van der Waals surface area contributed by atoms with Crippen molar-refractivity contribution in [3.8, 4) is 11.1 Å². The van der Waals surface area contributed by atoms with Crippen LogP contribution in [0.4, 0.5) is 0 Å². The third-order valence-corrected chi connectivity index (χ3v) is 4.80. The lowest BCUT2D eigenvalue weighted by Crippen LogP contribution is -1.83. The normalized spacial score (nSPS) is 12.7. The Morgan fingerprint density at radius 1 is 0.850 bits per heavy atom. The van der Waals surface area contributed by atoms with E-state index in [1.165, 1.54) is 11.1 Å². The second-order valence-electron chi connectivity index (χ2n) is 4.93. The van der Waals surface area contributed by atoms with Crippen LogP contribution in [0.2, 0.25) is 0 Å². The maximum atomic E-state index is 8.38. The highest BCUT2D eigenvalue weighted by Crippen LogP contribution is 2.41. The lowest BCUT2D eigenvalue weighted by molar-refractivity contribution is 1.50. The van der Waals surface area contributed by atoms with Crippen molar-refractivity contribution in [1.82, 2.24) is 0 Å². The predicted molar refractivity (Wildman–Crippen MR) is 89.5 cm³/mol. The molecule has 0 aliphatic rings. The molecular weight excluding hydrogens is 260 g/mol. The van der Waals surface area contributed by atoms with Gasteiger partial charge in [-0.3, -0.25) is 0 Å². The number of rotatable bonds is 1. The van der Waals surface area contributed by atoms with Crippen LogP contribution in [-0.4, -0.2) is 0 Å². The zero-order chi connectivity index (χ0) is 15.3. The molecule has 0 atom stereocenters. The Bertz CT molecular complexity index is 1000. The molecule has 0 radical (unpaired) electrons. The minimum Gasteiger partial charge on any atom is -0.135 e. The Kier molecular flexibility index (Phi) is 2.17. The van der Waals surface area contributed by atoms with Crippen molar-refractivity contribution in [2.45, 2.75) is 6.92 Å². The first-order chi connectivity index (χ1) is 10.7. The first-order valence-electron chi connectivity index (χ1n) is 7.64. The SMILES string of the molecule is [2H]c1cccc2sc3c(-c4ccccc4)c(C)cc([2H])c3c12. The molecule has 0 aliphatic heterocycles. The maximum absolute atomic E-state index is 8.38. The maximum Gasteiger partial charge on any atom is 0.0630 e. The zero-order valence-corrected chi connectivity index (χ0v) is 11.9. The summed E-state index contributed by atoms with van der Waals surface area (Å²) in [5.41, 5.74) is 3.47. The molecule has 0 bridgehead atoms. The summed E-state index contributed by atoms with van der Waals surface area (Å²) in [6.45, 7) is 2.06. The first kappa shape index (κ1) is 9.73. The Labute approximate surface area is 125 Å². The van der Waals surface area contributed by atoms with Gasteiger partial charge in [0.1, 0.15) is 0 Å². The topological polar surface area (TPSA) is 0 Å². The standard InChI is InChI=1S/C19H14S/c1-13-11-12-16-15-9-5-6-10-17(15)20-19(16)18(13)14-7-3-2-4-8-14/h2-12H,1H3/i9D,12D. The fourth-order valence-corrected chi connectivity index (χ4v) is 3.96. The largest absolute Gasteiger partial charge is 0.135 e. The van der Waals surface area contributed by atoms with E-state index < -0.39 is 0 Å². The molecule has 96 valence electrons. The minimum absolute atomic E-state index is 0.500. The van der Waals surface area contributed by atoms with E-state index in [0.717, 1.165) is 25.7 Å². The summed E-state index contributed by atoms with van der Waals surface area (Å²) in [5, 5.41) is 1.82. The number of thiophene rings is 1. The van der Waals surface area contributed by atoms with E-state index in [9.17, 15) is 0 Å². The van der Waals surface area contributed by atoms with Gasteiger partial charge < -0.3 is 0 Å². The molecule has 0 unspecified atom stereocenters. The Morgan fingerprint density at radius 2 is 1.65 bits per heavy atom. The highest BCUT2D eigenvalue weighted by molar-refractivity contribution is 7.26. The van der Waals surface area contributed by atoms with Gasteiger partial charge in [0, 0.05) is 25.7 Å². The van der Waals surface area contributed by atoms with E-state index in [0.29, 0.717) is 12.1 Å². The Hall–Kier alpha value is -2.12. The second-order valence-corrected chi connectivity index (χ2v) is 5.98. The fourth-order valence-electron chi connectivity index (χ4n) is 2.69. The fraction of sp³-hybridized carbons (Fsp3) is 0.0526. The molecule has 4 rings (SSSR count). The van der Waals surface area contributed by atoms with Gasteiger partial charge in [-0.25, -0.2) is 0 Å². The van der Waals surface area contributed by atoms with Crippen molar-refractivity contribution in [3.63, 3.8) is 0 Å². The lowest BCUT2D eigenvalue weighted by atomic mass is 9.98. The summed E-state index contributed by atoms with van der Waals surface area (Å²) in [4.78, 5) is 0. The third kappa shape index (κ3) is 1.67. The quantitative estimate of drug-likeness (QED) is 0.398. The van der Waals surface area contributed by atoms with Crippen molar-refractivity contribution < 1.29 is 2.74 Å². The molecule has 1 heterocycles. The number of fused-ring (bicyclic) bond motifs is 3. The van der Waals surface area contributed by atoms with Crippen molar-refractivity contribution in [2.75, 3.05) is 0 Å². The molecule has 1 heteroatoms. The molecule has 1 aromatic heterocycles. The van der Waals surface area contributed by atoms with Crippen molar-refractivity contribution >= 4 is 31.5 Å². The summed E-state index contributed by atoms with van der Waals surface area (Å²) in [6.07, 6.45) is 0. The summed E-state index contributed by atoms with van der Waals surface area (Å²) >= 11 is 1.69. The zero-order valence-electron chi connectivity index (χ0n) is 13.1. The third-order valence-electron chi connectivity index (χ3n) is 3.62. The second kappa shape index (κ2) is 4.46. The minimum atomic E-state index is 0.500. The molecule has 0 fully saturated rings. The van der Waals surface area contributed by atoms with E-state index in [1.54, 1.807) is 17.4 Å². The Balaban J connectivity index is 2.23. The summed E-state index contributed by atoms with van der Waals surface area (Å²) in [7, 11) is 0. The molecule has 3 aromatic carbocycles. The predicted octanol–water partition coefficient (Wildman–Crippen LogP) is 6.03. The van der Waals surface area contributed by atoms with Gasteiger partial charge in [-0.15, -0.1) is 11.3 Å². The first-order valence-corrected chi connectivity index (χ1v) is 7.46. The number of benzene rings is 3. The van der Waals surface area contributed by atoms with Gasteiger partial charge >= 0.3 is 0 Å². The molecule has 0 amide bonds. The van der Waals surface area contributed by atoms with E-state index >= 15 is 0 Å². The van der Waals surface area contributed by atoms with Crippen LogP contribution in [0.3, 0.4) is 0 Å². The van der Waals surface area contributed by atoms with Crippen molar-refractivity contribution in [3.05, 3.63) is 72.2 Å². The summed E-state index contributed by atoms with van der Waals surface area (Å²) in [6, 6.07) is 19.0. The molecule has 0 saturated carbocycles. The number of hydrogen-bond acceptors (Lipinski definition) is 1. The molecule has 20 heavy (non-hydrogen) atoms. The van der Waals surface area contributed by atoms with Crippen LogP contribution < -0.4 is 0 Å². The highest BCUT2D eigenvalue weighted by Gasteiger charge is 2.11. The average Bonchev–Trinajstić information content (AvgIpc) is 2.89. The highest BCUT2D eigenvalue weighted by atomic mass is 32.1. The molecule has 0 nitrogen and oxygen atoms in total. The van der Waals surface area contributed by atoms with Gasteiger partial charge in [-0.05, 0) is 24.1 Å². The van der Waals surface area contributed by atoms with Gasteiger partial charge in [0.2, 0.25) is 0 Å². The van der Waals surface area contributed by atoms with Gasteiger partial charge in [-0.2, -0.15) is 0 Å². The van der Waals surface area contributed by atoms with Crippen LogP contribution in [0, 0.1) is 6.92 Å². The number of hydrogen-bond donors (Lipinski definition) is 0. The van der Waals surface area contributed by atoms with Crippen LogP contribution in [-0.2, 0) is 0 Å². The monoisotopic (exact) mass is 276 g/mol. The van der Waals surface area contributed by atoms with E-state index in [2.05, 4.69) is 19.1 Å². The van der Waals surface area contributed by atoms with Crippen molar-refractivity contribution in [2.24, 2.45) is 0 Å². The van der Waals surface area contributed by atoms with Crippen LogP contribution in [0.1, 0.15) is 8.30 Å². The van der Waals surface area contributed by atoms with Crippen molar-refractivity contribution in [1.29, 1.82) is 0 Å². The van der Waals surface area contributed by atoms with Crippen LogP contribution >= 0.6 is 11.3 Å². The number of aryl methyl sites for hydroxylation is 1. The smallest absolute Gasteiger partial charge is 0.0630 e. The van der Waals surface area contributed by atoms with Crippen LogP contribution in [0.5, 0.6) is 0 Å². The van der Waals surface area contributed by atoms with E-state index in [4.69, 9.17) is 2.74 Å². The van der Waals surface area contributed by atoms with Gasteiger partial charge in [-0.1, -0.05) is 60.6 Å². The molecule has 0 aliphatic carbocycles. The van der Waals surface area contributed by atoms with Gasteiger partial charge in [0.15, 0.2) is 0 Å². The molecule has 4 aromatic rings. The summed E-state index contributed by atoms with van der Waals surface area (Å²) in [5.74, 6) is 0. The molecule has 0 spiro atoms. The molecule has 0 N–H and O–H groups in total. The molecule has 0 saturated heterocycles. The van der Waals surface area contributed by atoms with Crippen LogP contribution in [0.25, 0.3) is 31.3 Å². The molecular formula is C19H14S. The summed E-state index contributed by atoms with van der Waals surface area (Å²) < 4.78 is 18.8. The van der Waals surface area contributed by atoms with E-state index in [1.807, 2.05) is 36.4 Å². The van der Waals surface area contributed by atoms with Crippen LogP contribution in [0.15, 0.2) is 66.7 Å². The average molecular weight is 276 g/mol. The van der Waals surface area contributed by atoms with Gasteiger partial charge in [0.25, 0.3) is 0 Å². The van der Waals surface area contributed by atoms with E-state index in [-0.39, 0.29) is 0 Å².